The molecule has 7 amide bonds. The van der Waals surface area contributed by atoms with E-state index >= 15 is 14.4 Å². The number of carbonyl (C=O) groups excluding carboxylic acids is 8. The number of carboxylic acids is 9. The first kappa shape index (κ1) is 97.3. The molecule has 6 atom stereocenters. The number of carbonyl (C=O) groups is 17. The number of H-pyrrole nitrogens is 3. The summed E-state index contributed by atoms with van der Waals surface area (Å²) in [5, 5.41) is 109. The third-order valence-corrected chi connectivity index (χ3v) is 22.8. The topological polar surface area (TPSA) is 680 Å². The van der Waals surface area contributed by atoms with Crippen LogP contribution in [0.2, 0.25) is 0 Å². The molecule has 121 heavy (non-hydrogen) atoms. The van der Waals surface area contributed by atoms with Crippen molar-refractivity contribution < 1.29 is 127 Å². The summed E-state index contributed by atoms with van der Waals surface area (Å²) in [7, 11) is 2.40. The molecule has 0 radical (unpaired) electrons. The predicted octanol–water partition coefficient (Wildman–Crippen LogP) is 5.19. The Kier molecular flexibility index (Phi) is 39.0. The van der Waals surface area contributed by atoms with Gasteiger partial charge in [0.2, 0.25) is 41.4 Å². The molecule has 0 aliphatic carbocycles. The lowest BCUT2D eigenvalue weighted by molar-refractivity contribution is -0.142. The molecule has 6 rings (SSSR count). The molecular weight excluding hydrogens is 1630 g/mol. The van der Waals surface area contributed by atoms with E-state index in [1.54, 1.807) is 24.3 Å². The molecule has 19 N–H and O–H groups in total. The van der Waals surface area contributed by atoms with Gasteiger partial charge in [-0.25, -0.2) is 29.5 Å². The fourth-order valence-electron chi connectivity index (χ4n) is 14.0. The maximum atomic E-state index is 15.6. The first-order chi connectivity index (χ1) is 57.5. The number of aromatic nitrogens is 7. The van der Waals surface area contributed by atoms with Crippen LogP contribution in [-0.2, 0) is 81.5 Å². The van der Waals surface area contributed by atoms with Crippen LogP contribution in [0.25, 0.3) is 0 Å². The zero-order valence-electron chi connectivity index (χ0n) is 65.9. The van der Waals surface area contributed by atoms with Gasteiger partial charge in [-0.05, 0) is 106 Å². The van der Waals surface area contributed by atoms with E-state index in [9.17, 15) is 113 Å². The zero-order chi connectivity index (χ0) is 88.7. The number of allylic oxidation sites excluding steroid dienone is 2. The van der Waals surface area contributed by atoms with E-state index < -0.39 is 301 Å². The summed E-state index contributed by atoms with van der Waals surface area (Å²) >= 11 is 0. The first-order valence-corrected chi connectivity index (χ1v) is 41.1. The maximum Gasteiger partial charge on any atom is 0.332 e. The third kappa shape index (κ3) is 34.0. The van der Waals surface area contributed by atoms with Crippen molar-refractivity contribution in [2.24, 2.45) is 21.8 Å². The minimum atomic E-state index is -1.98. The van der Waals surface area contributed by atoms with Crippen molar-refractivity contribution in [1.29, 1.82) is 0 Å². The number of hydrogen-bond acceptors (Lipinski definition) is 25. The van der Waals surface area contributed by atoms with Crippen LogP contribution in [0, 0.1) is 11.8 Å². The number of ketones is 1. The highest BCUT2D eigenvalue weighted by molar-refractivity contribution is 8.76. The molecular formula is C77H100N16O26S2. The molecule has 2 aliphatic rings. The Morgan fingerprint density at radius 3 is 1.14 bits per heavy atom. The molecule has 6 heterocycles. The number of hydrogen-bond donors (Lipinski definition) is 19. The molecule has 0 saturated carbocycles. The average Bonchev–Trinajstić information content (AvgIpc) is 1.73. The van der Waals surface area contributed by atoms with Gasteiger partial charge in [0.05, 0.1) is 53.6 Å². The van der Waals surface area contributed by atoms with Crippen molar-refractivity contribution in [3.05, 3.63) is 103 Å². The Hall–Kier alpha value is -12.5. The molecule has 4 aromatic rings. The van der Waals surface area contributed by atoms with Gasteiger partial charge in [-0.15, -0.1) is 0 Å². The molecule has 44 heteroatoms. The van der Waals surface area contributed by atoms with Crippen LogP contribution in [0.3, 0.4) is 0 Å². The highest BCUT2D eigenvalue weighted by Crippen LogP contribution is 2.37. The standard InChI is InChI=1S/C77H100N16O26S2/c94-46(39-48(50-9-6-37-82-50)69(112)92-76(29-16-60(100)101,30-17-61(102)103)31-18-62(104)105)11-24-75(91-58(99)22-38-120-121-59-10-2-4-35-83-59,27-14-54(95)87-66(51-40-78-43-84-51)70(113)93-77(32-19-63(106)107,33-20-64(108)109)34-21-65(110)111)28-15-57(98)90-74(23-3-1-7-47(71(114)115)49-8-5-36-81-49,25-12-55(96)88-67(72(116)117)52-41-79-44-85-52)26-13-56(97)89-68(73(118)119)53-42-80-45-86-53/h2,4,8-10,35-37,40-45,47-48,66-68H,1,3,5-7,11-34,38-39H2,(H,78,84)(H,79,85)(H,80,86)(H,87,95)(H,88,96)(H,89,97)(H,90,98)(H,91,99)(H,92,112)(H,93,113)(H,100,101)(H,102,103)(H,104,105)(H,106,107)(H,108,109)(H,110,111)(H,114,115)(H,116,117)(H,118,119). The van der Waals surface area contributed by atoms with E-state index in [0.717, 1.165) is 19.0 Å². The number of rotatable bonds is 62. The molecule has 0 fully saturated rings. The second kappa shape index (κ2) is 48.5. The fraction of sp³-hybridized carbons (Fsp3) is 0.519. The number of nitrogens with zero attached hydrogens (tertiary/aromatic N) is 6. The number of unbranched alkanes of at least 4 members (excludes halogenated alkanes) is 1. The first-order valence-electron chi connectivity index (χ1n) is 38.8. The number of pyridine rings is 1. The fourth-order valence-corrected chi connectivity index (χ4v) is 15.9. The van der Waals surface area contributed by atoms with E-state index in [1.165, 1.54) is 64.9 Å². The molecule has 2 aliphatic heterocycles. The van der Waals surface area contributed by atoms with Gasteiger partial charge < -0.3 is 98.1 Å². The second-order valence-electron chi connectivity index (χ2n) is 29.3. The monoisotopic (exact) mass is 1730 g/mol. The minimum absolute atomic E-state index is 0.0149. The van der Waals surface area contributed by atoms with Crippen molar-refractivity contribution in [3.63, 3.8) is 0 Å². The number of nitrogens with one attached hydrogen (secondary N) is 10. The number of aliphatic carboxylic acids is 9. The quantitative estimate of drug-likeness (QED) is 0.0200. The second-order valence-corrected chi connectivity index (χ2v) is 31.8. The van der Waals surface area contributed by atoms with Crippen LogP contribution in [0.4, 0.5) is 0 Å². The average molecular weight is 1730 g/mol. The SMILES string of the molecule is O=C(O)CCC(CCC(=O)O)(CCC(=O)O)NC(=O)C(CC(=O)CCC(CCC(=O)NC(C(=O)NC(CCC(=O)O)(CCC(=O)O)CCC(=O)O)c1c[nH]cn1)(CCC(=O)NC(CCCCC(C(=O)O)C1=CCC=N1)(CCC(=O)NC(C(=O)O)c1c[nH]cn1)CCC(=O)NC(C(=O)O)c1c[nH]cn1)NC(=O)CCSSc1ccccn1)C1=CCC=N1. The normalized spacial score (nSPS) is 14.6. The van der Waals surface area contributed by atoms with Crippen LogP contribution in [-0.4, -0.2) is 222 Å². The smallest absolute Gasteiger partial charge is 0.332 e. The highest BCUT2D eigenvalue weighted by atomic mass is 33.1. The van der Waals surface area contributed by atoms with Crippen molar-refractivity contribution in [1.82, 2.24) is 72.1 Å². The van der Waals surface area contributed by atoms with Gasteiger partial charge >= 0.3 is 53.7 Å². The van der Waals surface area contributed by atoms with Gasteiger partial charge in [-0.3, -0.25) is 81.9 Å². The van der Waals surface area contributed by atoms with Gasteiger partial charge in [0.15, 0.2) is 18.1 Å². The van der Waals surface area contributed by atoms with Crippen LogP contribution in [0.1, 0.15) is 228 Å². The number of imidazole rings is 3. The van der Waals surface area contributed by atoms with Crippen molar-refractivity contribution in [3.8, 4) is 0 Å². The van der Waals surface area contributed by atoms with Gasteiger partial charge in [0.25, 0.3) is 0 Å². The Morgan fingerprint density at radius 2 is 0.760 bits per heavy atom. The van der Waals surface area contributed by atoms with Crippen molar-refractivity contribution in [2.45, 2.75) is 238 Å². The number of aliphatic imine (C=N–C) groups is 2. The summed E-state index contributed by atoms with van der Waals surface area (Å²) < 4.78 is 0. The summed E-state index contributed by atoms with van der Waals surface area (Å²) in [5.74, 6) is -22.7. The number of carboxylic acid groups (broad SMARTS) is 9. The molecule has 0 bridgehead atoms. The lowest BCUT2D eigenvalue weighted by atomic mass is 9.80. The lowest BCUT2D eigenvalue weighted by Crippen LogP contribution is -2.54. The van der Waals surface area contributed by atoms with E-state index in [4.69, 9.17) is 0 Å². The lowest BCUT2D eigenvalue weighted by Gasteiger charge is -2.38. The van der Waals surface area contributed by atoms with Crippen LogP contribution in [0.15, 0.2) is 101 Å². The molecule has 42 nitrogen and oxygen atoms in total. The largest absolute Gasteiger partial charge is 0.481 e. The number of amides is 7. The van der Waals surface area contributed by atoms with Gasteiger partial charge in [-0.2, -0.15) is 0 Å². The van der Waals surface area contributed by atoms with Crippen molar-refractivity contribution in [2.75, 3.05) is 5.75 Å². The molecule has 0 saturated heterocycles. The maximum absolute atomic E-state index is 15.6. The van der Waals surface area contributed by atoms with Crippen LogP contribution in [0.5, 0.6) is 0 Å². The Bertz CT molecular complexity index is 4250. The van der Waals surface area contributed by atoms with Crippen LogP contribution >= 0.6 is 21.6 Å². The minimum Gasteiger partial charge on any atom is -0.481 e. The van der Waals surface area contributed by atoms with E-state index in [-0.39, 0.29) is 72.8 Å². The Balaban J connectivity index is 1.49. The van der Waals surface area contributed by atoms with Gasteiger partial charge in [0, 0.05) is 167 Å². The Labute approximate surface area is 699 Å². The molecule has 4 aromatic heterocycles. The summed E-state index contributed by atoms with van der Waals surface area (Å²) in [6.45, 7) is 0. The van der Waals surface area contributed by atoms with Crippen molar-refractivity contribution >= 4 is 135 Å². The Morgan fingerprint density at radius 1 is 0.388 bits per heavy atom. The third-order valence-electron chi connectivity index (χ3n) is 20.5. The zero-order valence-corrected chi connectivity index (χ0v) is 67.5. The highest BCUT2D eigenvalue weighted by Gasteiger charge is 2.43. The van der Waals surface area contributed by atoms with Gasteiger partial charge in [-0.1, -0.05) is 41.9 Å². The predicted molar refractivity (Wildman–Crippen MR) is 427 cm³/mol. The molecule has 0 aromatic carbocycles. The van der Waals surface area contributed by atoms with Crippen LogP contribution < -0.4 is 37.2 Å². The number of Topliss-reactive ketones (excluding diaryl/α,β-unsaturated/α-hetero) is 1. The van der Waals surface area contributed by atoms with E-state index in [1.807, 2.05) is 0 Å². The molecule has 6 unspecified atom stereocenters. The summed E-state index contributed by atoms with van der Waals surface area (Å²) in [6.07, 6.45) is 1.06. The van der Waals surface area contributed by atoms with Gasteiger partial charge in [0.1, 0.15) is 10.8 Å². The van der Waals surface area contributed by atoms with E-state index in [2.05, 4.69) is 82.1 Å². The van der Waals surface area contributed by atoms with E-state index in [0.29, 0.717) is 11.4 Å². The summed E-state index contributed by atoms with van der Waals surface area (Å²) in [5.41, 5.74) is -7.57. The summed E-state index contributed by atoms with van der Waals surface area (Å²) in [4.78, 5) is 262. The summed E-state index contributed by atoms with van der Waals surface area (Å²) in [6, 6.07) is -0.202. The number of aromatic amines is 3. The molecule has 0 spiro atoms. The molecule has 656 valence electrons.